The zero-order valence-corrected chi connectivity index (χ0v) is 15.5. The van der Waals surface area contributed by atoms with Crippen molar-refractivity contribution >= 4 is 23.3 Å². The molecule has 6 nitrogen and oxygen atoms in total. The summed E-state index contributed by atoms with van der Waals surface area (Å²) in [6.45, 7) is 10.2. The summed E-state index contributed by atoms with van der Waals surface area (Å²) in [6.07, 6.45) is -0.639. The third-order valence-electron chi connectivity index (χ3n) is 4.43. The van der Waals surface area contributed by atoms with E-state index in [0.29, 0.717) is 30.1 Å². The SMILES string of the molecule is CCN(CC)C(=O)CN1C(=O)C(C(C)C)Oc2ccc(C(C)=O)cc21. The van der Waals surface area contributed by atoms with Crippen LogP contribution in [0, 0.1) is 5.92 Å². The first-order valence-electron chi connectivity index (χ1n) is 8.70. The number of ether oxygens (including phenoxy) is 1. The number of ketones is 1. The molecule has 0 fully saturated rings. The number of nitrogens with zero attached hydrogens (tertiary/aromatic N) is 2. The lowest BCUT2D eigenvalue weighted by Gasteiger charge is -2.36. The Balaban J connectivity index is 2.44. The van der Waals surface area contributed by atoms with Gasteiger partial charge < -0.3 is 9.64 Å². The molecule has 1 aliphatic heterocycles. The summed E-state index contributed by atoms with van der Waals surface area (Å²) in [5.41, 5.74) is 0.966. The van der Waals surface area contributed by atoms with E-state index in [1.807, 2.05) is 27.7 Å². The number of hydrogen-bond donors (Lipinski definition) is 0. The van der Waals surface area contributed by atoms with Gasteiger partial charge in [-0.25, -0.2) is 0 Å². The number of rotatable bonds is 6. The number of anilines is 1. The van der Waals surface area contributed by atoms with Crippen LogP contribution >= 0.6 is 0 Å². The summed E-state index contributed by atoms with van der Waals surface area (Å²) in [7, 11) is 0. The number of carbonyl (C=O) groups is 3. The van der Waals surface area contributed by atoms with E-state index in [4.69, 9.17) is 4.74 Å². The Morgan fingerprint density at radius 2 is 1.88 bits per heavy atom. The van der Waals surface area contributed by atoms with E-state index in [9.17, 15) is 14.4 Å². The highest BCUT2D eigenvalue weighted by molar-refractivity contribution is 6.05. The van der Waals surface area contributed by atoms with Crippen molar-refractivity contribution in [1.82, 2.24) is 4.90 Å². The van der Waals surface area contributed by atoms with Gasteiger partial charge in [-0.3, -0.25) is 19.3 Å². The van der Waals surface area contributed by atoms with E-state index < -0.39 is 6.10 Å². The van der Waals surface area contributed by atoms with Gasteiger partial charge in [0.05, 0.1) is 5.69 Å². The topological polar surface area (TPSA) is 66.9 Å². The molecule has 1 aliphatic rings. The molecule has 1 atom stereocenters. The Hall–Kier alpha value is -2.37. The average molecular weight is 346 g/mol. The highest BCUT2D eigenvalue weighted by Crippen LogP contribution is 2.36. The minimum Gasteiger partial charge on any atom is -0.478 e. The van der Waals surface area contributed by atoms with E-state index in [-0.39, 0.29) is 30.1 Å². The van der Waals surface area contributed by atoms with E-state index in [0.717, 1.165) is 0 Å². The van der Waals surface area contributed by atoms with Gasteiger partial charge in [-0.15, -0.1) is 0 Å². The lowest BCUT2D eigenvalue weighted by molar-refractivity contribution is -0.134. The monoisotopic (exact) mass is 346 g/mol. The van der Waals surface area contributed by atoms with E-state index in [1.165, 1.54) is 11.8 Å². The van der Waals surface area contributed by atoms with E-state index in [2.05, 4.69) is 0 Å². The summed E-state index contributed by atoms with van der Waals surface area (Å²) >= 11 is 0. The Morgan fingerprint density at radius 1 is 1.24 bits per heavy atom. The van der Waals surface area contributed by atoms with Gasteiger partial charge in [0.25, 0.3) is 5.91 Å². The molecule has 0 N–H and O–H groups in total. The summed E-state index contributed by atoms with van der Waals surface area (Å²) in [6, 6.07) is 5.00. The maximum Gasteiger partial charge on any atom is 0.268 e. The number of carbonyl (C=O) groups excluding carboxylic acids is 3. The fourth-order valence-corrected chi connectivity index (χ4v) is 2.90. The van der Waals surface area contributed by atoms with Crippen LogP contribution in [0.1, 0.15) is 45.0 Å². The number of amides is 2. The third-order valence-corrected chi connectivity index (χ3v) is 4.43. The van der Waals surface area contributed by atoms with Crippen molar-refractivity contribution in [3.63, 3.8) is 0 Å². The van der Waals surface area contributed by atoms with Gasteiger partial charge in [0.2, 0.25) is 5.91 Å². The normalized spacial score (nSPS) is 16.5. The minimum absolute atomic E-state index is 0.0285. The highest BCUT2D eigenvalue weighted by atomic mass is 16.5. The van der Waals surface area contributed by atoms with Gasteiger partial charge >= 0.3 is 0 Å². The molecule has 1 aromatic rings. The van der Waals surface area contributed by atoms with Crippen LogP contribution < -0.4 is 9.64 Å². The predicted molar refractivity (Wildman–Crippen MR) is 96.0 cm³/mol. The minimum atomic E-state index is -0.639. The van der Waals surface area contributed by atoms with Crippen molar-refractivity contribution < 1.29 is 19.1 Å². The number of benzene rings is 1. The van der Waals surface area contributed by atoms with Gasteiger partial charge in [0.15, 0.2) is 11.9 Å². The first kappa shape index (κ1) is 19.0. The van der Waals surface area contributed by atoms with Crippen LogP contribution in [0.5, 0.6) is 5.75 Å². The molecular weight excluding hydrogens is 320 g/mol. The van der Waals surface area contributed by atoms with Crippen LogP contribution in [0.4, 0.5) is 5.69 Å². The molecule has 1 aromatic carbocycles. The van der Waals surface area contributed by atoms with Crippen LogP contribution in [0.3, 0.4) is 0 Å². The summed E-state index contributed by atoms with van der Waals surface area (Å²) in [5, 5.41) is 0. The van der Waals surface area contributed by atoms with Crippen LogP contribution in [-0.2, 0) is 9.59 Å². The first-order chi connectivity index (χ1) is 11.8. The molecule has 2 amide bonds. The number of hydrogen-bond acceptors (Lipinski definition) is 4. The third kappa shape index (κ3) is 3.83. The molecule has 1 heterocycles. The lowest BCUT2D eigenvalue weighted by atomic mass is 10.0. The zero-order chi connectivity index (χ0) is 18.7. The fourth-order valence-electron chi connectivity index (χ4n) is 2.90. The molecule has 2 rings (SSSR count). The van der Waals surface area contributed by atoms with Crippen LogP contribution in [-0.4, -0.2) is 48.2 Å². The van der Waals surface area contributed by atoms with E-state index >= 15 is 0 Å². The second-order valence-corrected chi connectivity index (χ2v) is 6.51. The van der Waals surface area contributed by atoms with Crippen molar-refractivity contribution in [1.29, 1.82) is 0 Å². The predicted octanol–water partition coefficient (Wildman–Crippen LogP) is 2.51. The highest BCUT2D eigenvalue weighted by Gasteiger charge is 2.37. The molecule has 0 aliphatic carbocycles. The molecule has 25 heavy (non-hydrogen) atoms. The number of likely N-dealkylation sites (N-methyl/N-ethyl adjacent to an activating group) is 1. The molecule has 0 bridgehead atoms. The van der Waals surface area contributed by atoms with Gasteiger partial charge in [-0.2, -0.15) is 0 Å². The number of Topliss-reactive ketones (excluding diaryl/α,β-unsaturated/α-hetero) is 1. The standard InChI is InChI=1S/C19H26N2O4/c1-6-20(7-2)17(23)11-21-15-10-14(13(5)22)8-9-16(15)25-18(12(3)4)19(21)24/h8-10,12,18H,6-7,11H2,1-5H3. The van der Waals surface area contributed by atoms with Crippen LogP contribution in [0.2, 0.25) is 0 Å². The Labute approximate surface area is 148 Å². The number of fused-ring (bicyclic) bond motifs is 1. The molecule has 0 aromatic heterocycles. The molecule has 0 radical (unpaired) electrons. The molecule has 0 spiro atoms. The molecule has 136 valence electrons. The summed E-state index contributed by atoms with van der Waals surface area (Å²) in [5.74, 6) is 0.0247. The smallest absolute Gasteiger partial charge is 0.268 e. The largest absolute Gasteiger partial charge is 0.478 e. The van der Waals surface area contributed by atoms with Crippen LogP contribution in [0.15, 0.2) is 18.2 Å². The molecule has 6 heteroatoms. The van der Waals surface area contributed by atoms with Crippen molar-refractivity contribution in [2.75, 3.05) is 24.5 Å². The van der Waals surface area contributed by atoms with Crippen molar-refractivity contribution in [2.24, 2.45) is 5.92 Å². The van der Waals surface area contributed by atoms with Crippen molar-refractivity contribution in [3.05, 3.63) is 23.8 Å². The maximum atomic E-state index is 12.9. The first-order valence-corrected chi connectivity index (χ1v) is 8.70. The lowest BCUT2D eigenvalue weighted by Crippen LogP contribution is -2.52. The molecule has 1 unspecified atom stereocenters. The van der Waals surface area contributed by atoms with Gasteiger partial charge in [-0.05, 0) is 44.9 Å². The van der Waals surface area contributed by atoms with Crippen LogP contribution in [0.25, 0.3) is 0 Å². The quantitative estimate of drug-likeness (QED) is 0.742. The van der Waals surface area contributed by atoms with Gasteiger partial charge in [-0.1, -0.05) is 13.8 Å². The zero-order valence-electron chi connectivity index (χ0n) is 15.5. The Kier molecular flexibility index (Phi) is 5.82. The summed E-state index contributed by atoms with van der Waals surface area (Å²) < 4.78 is 5.84. The summed E-state index contributed by atoms with van der Waals surface area (Å²) in [4.78, 5) is 40.3. The maximum absolute atomic E-state index is 12.9. The van der Waals surface area contributed by atoms with Crippen molar-refractivity contribution in [2.45, 2.75) is 40.7 Å². The molecular formula is C19H26N2O4. The second-order valence-electron chi connectivity index (χ2n) is 6.51. The van der Waals surface area contributed by atoms with E-state index in [1.54, 1.807) is 23.1 Å². The van der Waals surface area contributed by atoms with Crippen molar-refractivity contribution in [3.8, 4) is 5.75 Å². The Bertz CT molecular complexity index is 680. The van der Waals surface area contributed by atoms with Gasteiger partial charge in [0, 0.05) is 18.7 Å². The second kappa shape index (κ2) is 7.68. The molecule has 0 saturated carbocycles. The average Bonchev–Trinajstić information content (AvgIpc) is 2.57. The fraction of sp³-hybridized carbons (Fsp3) is 0.526. The van der Waals surface area contributed by atoms with Gasteiger partial charge in [0.1, 0.15) is 12.3 Å². The Morgan fingerprint density at radius 3 is 2.40 bits per heavy atom. The molecule has 0 saturated heterocycles.